The van der Waals surface area contributed by atoms with Crippen LogP contribution in [0.3, 0.4) is 0 Å². The van der Waals surface area contributed by atoms with Gasteiger partial charge in [-0.3, -0.25) is 0 Å². The van der Waals surface area contributed by atoms with Crippen LogP contribution in [0.5, 0.6) is 0 Å². The Kier molecular flexibility index (Phi) is 4.91. The van der Waals surface area contributed by atoms with Gasteiger partial charge in [0.25, 0.3) is 0 Å². The molecular weight excluding hydrogens is 256 g/mol. The van der Waals surface area contributed by atoms with E-state index in [1.54, 1.807) is 0 Å². The molecule has 4 unspecified atom stereocenters. The first-order chi connectivity index (χ1) is 9.43. The van der Waals surface area contributed by atoms with Gasteiger partial charge in [-0.15, -0.1) is 0 Å². The molecule has 0 aromatic heterocycles. The molecule has 116 valence electrons. The van der Waals surface area contributed by atoms with Crippen LogP contribution in [0, 0.1) is 5.41 Å². The second-order valence-electron chi connectivity index (χ2n) is 6.80. The number of carbonyl (C=O) groups is 1. The smallest absolute Gasteiger partial charge is 0.315 e. The van der Waals surface area contributed by atoms with Gasteiger partial charge in [-0.1, -0.05) is 13.3 Å². The zero-order chi connectivity index (χ0) is 14.8. The van der Waals surface area contributed by atoms with Gasteiger partial charge < -0.3 is 20.5 Å². The van der Waals surface area contributed by atoms with Crippen LogP contribution in [0.15, 0.2) is 0 Å². The molecule has 0 aromatic rings. The Labute approximate surface area is 121 Å². The Morgan fingerprint density at radius 3 is 2.55 bits per heavy atom. The summed E-state index contributed by atoms with van der Waals surface area (Å²) in [6.07, 6.45) is 5.09. The van der Waals surface area contributed by atoms with E-state index in [0.717, 1.165) is 32.1 Å². The van der Waals surface area contributed by atoms with Crippen LogP contribution in [0.1, 0.15) is 52.9 Å². The minimum Gasteiger partial charge on any atom is -0.396 e. The molecule has 1 aliphatic heterocycles. The van der Waals surface area contributed by atoms with Gasteiger partial charge in [-0.05, 0) is 39.5 Å². The van der Waals surface area contributed by atoms with Gasteiger partial charge in [0, 0.05) is 17.5 Å². The van der Waals surface area contributed by atoms with E-state index in [1.165, 1.54) is 0 Å². The molecule has 0 bridgehead atoms. The van der Waals surface area contributed by atoms with Gasteiger partial charge in [0.15, 0.2) is 0 Å². The number of rotatable bonds is 3. The van der Waals surface area contributed by atoms with Gasteiger partial charge in [0.1, 0.15) is 0 Å². The topological polar surface area (TPSA) is 70.6 Å². The van der Waals surface area contributed by atoms with Crippen LogP contribution < -0.4 is 10.6 Å². The van der Waals surface area contributed by atoms with Crippen molar-refractivity contribution in [1.82, 2.24) is 10.6 Å². The number of nitrogens with one attached hydrogen (secondary N) is 2. The molecule has 1 aliphatic carbocycles. The van der Waals surface area contributed by atoms with Crippen molar-refractivity contribution < 1.29 is 14.6 Å². The summed E-state index contributed by atoms with van der Waals surface area (Å²) in [5.74, 6) is 0. The third-order valence-electron chi connectivity index (χ3n) is 4.78. The molecule has 0 radical (unpaired) electrons. The maximum absolute atomic E-state index is 12.1. The third-order valence-corrected chi connectivity index (χ3v) is 4.78. The van der Waals surface area contributed by atoms with Crippen molar-refractivity contribution in [2.75, 3.05) is 6.61 Å². The second kappa shape index (κ2) is 6.31. The van der Waals surface area contributed by atoms with Crippen molar-refractivity contribution in [3.63, 3.8) is 0 Å². The SMILES string of the molecule is CC1CC(NC(=O)NC2CCCC2(C)CO)CC(C)O1. The average molecular weight is 284 g/mol. The van der Waals surface area contributed by atoms with Gasteiger partial charge in [-0.2, -0.15) is 0 Å². The highest BCUT2D eigenvalue weighted by Crippen LogP contribution is 2.37. The van der Waals surface area contributed by atoms with Crippen molar-refractivity contribution in [1.29, 1.82) is 0 Å². The lowest BCUT2D eigenvalue weighted by Gasteiger charge is -2.34. The highest BCUT2D eigenvalue weighted by atomic mass is 16.5. The first-order valence-electron chi connectivity index (χ1n) is 7.76. The average Bonchev–Trinajstić information content (AvgIpc) is 2.70. The first-order valence-corrected chi connectivity index (χ1v) is 7.76. The molecule has 1 heterocycles. The minimum atomic E-state index is -0.173. The number of carbonyl (C=O) groups excluding carboxylic acids is 1. The Morgan fingerprint density at radius 1 is 1.30 bits per heavy atom. The zero-order valence-corrected chi connectivity index (χ0v) is 12.8. The molecular formula is C15H28N2O3. The maximum Gasteiger partial charge on any atom is 0.315 e. The van der Waals surface area contributed by atoms with E-state index in [9.17, 15) is 9.90 Å². The van der Waals surface area contributed by atoms with Crippen molar-refractivity contribution in [2.45, 2.75) is 77.2 Å². The normalized spacial score (nSPS) is 41.4. The van der Waals surface area contributed by atoms with Crippen LogP contribution in [-0.2, 0) is 4.74 Å². The Morgan fingerprint density at radius 2 is 1.95 bits per heavy atom. The monoisotopic (exact) mass is 284 g/mol. The molecule has 20 heavy (non-hydrogen) atoms. The van der Waals surface area contributed by atoms with Crippen molar-refractivity contribution in [3.8, 4) is 0 Å². The molecule has 2 aliphatic rings. The molecule has 2 amide bonds. The number of hydrogen-bond acceptors (Lipinski definition) is 3. The fourth-order valence-corrected chi connectivity index (χ4v) is 3.58. The Bertz CT molecular complexity index is 340. The Hall–Kier alpha value is -0.810. The van der Waals surface area contributed by atoms with Gasteiger partial charge >= 0.3 is 6.03 Å². The molecule has 3 N–H and O–H groups in total. The van der Waals surface area contributed by atoms with E-state index >= 15 is 0 Å². The van der Waals surface area contributed by atoms with Crippen LogP contribution in [0.2, 0.25) is 0 Å². The zero-order valence-electron chi connectivity index (χ0n) is 12.8. The van der Waals surface area contributed by atoms with Crippen molar-refractivity contribution >= 4 is 6.03 Å². The van der Waals surface area contributed by atoms with Crippen molar-refractivity contribution in [3.05, 3.63) is 0 Å². The third kappa shape index (κ3) is 3.64. The predicted molar refractivity (Wildman–Crippen MR) is 77.5 cm³/mol. The van der Waals surface area contributed by atoms with Gasteiger partial charge in [0.2, 0.25) is 0 Å². The molecule has 5 heteroatoms. The van der Waals surface area contributed by atoms with E-state index < -0.39 is 0 Å². The summed E-state index contributed by atoms with van der Waals surface area (Å²) < 4.78 is 5.68. The summed E-state index contributed by atoms with van der Waals surface area (Å²) in [6, 6.07) is 0.139. The summed E-state index contributed by atoms with van der Waals surface area (Å²) in [6.45, 7) is 6.26. The molecule has 5 nitrogen and oxygen atoms in total. The maximum atomic E-state index is 12.1. The second-order valence-corrected chi connectivity index (χ2v) is 6.80. The highest BCUT2D eigenvalue weighted by molar-refractivity contribution is 5.74. The minimum absolute atomic E-state index is 0.0715. The lowest BCUT2D eigenvalue weighted by atomic mass is 9.86. The summed E-state index contributed by atoms with van der Waals surface area (Å²) in [5.41, 5.74) is -0.173. The molecule has 0 aromatic carbocycles. The summed E-state index contributed by atoms with van der Waals surface area (Å²) in [7, 11) is 0. The van der Waals surface area contributed by atoms with E-state index in [-0.39, 0.29) is 42.3 Å². The van der Waals surface area contributed by atoms with Crippen LogP contribution >= 0.6 is 0 Å². The fourth-order valence-electron chi connectivity index (χ4n) is 3.58. The van der Waals surface area contributed by atoms with Gasteiger partial charge in [-0.25, -0.2) is 4.79 Å². The number of ether oxygens (including phenoxy) is 1. The summed E-state index contributed by atoms with van der Waals surface area (Å²) >= 11 is 0. The predicted octanol–water partition coefficient (Wildman–Crippen LogP) is 1.79. The van der Waals surface area contributed by atoms with Gasteiger partial charge in [0.05, 0.1) is 18.8 Å². The number of aliphatic hydroxyl groups is 1. The van der Waals surface area contributed by atoms with E-state index in [4.69, 9.17) is 4.74 Å². The molecule has 0 spiro atoms. The number of urea groups is 1. The van der Waals surface area contributed by atoms with Crippen LogP contribution in [-0.4, -0.2) is 42.0 Å². The molecule has 1 saturated heterocycles. The lowest BCUT2D eigenvalue weighted by molar-refractivity contribution is -0.0403. The van der Waals surface area contributed by atoms with E-state index in [1.807, 2.05) is 20.8 Å². The van der Waals surface area contributed by atoms with E-state index in [0.29, 0.717) is 0 Å². The van der Waals surface area contributed by atoms with E-state index in [2.05, 4.69) is 10.6 Å². The van der Waals surface area contributed by atoms with Crippen molar-refractivity contribution in [2.24, 2.45) is 5.41 Å². The number of amides is 2. The summed E-state index contributed by atoms with van der Waals surface area (Å²) in [5, 5.41) is 15.6. The van der Waals surface area contributed by atoms with Crippen LogP contribution in [0.4, 0.5) is 4.79 Å². The fraction of sp³-hybridized carbons (Fsp3) is 0.933. The Balaban J connectivity index is 1.83. The quantitative estimate of drug-likeness (QED) is 0.740. The molecule has 2 fully saturated rings. The molecule has 2 rings (SSSR count). The molecule has 4 atom stereocenters. The molecule has 1 saturated carbocycles. The standard InChI is InChI=1S/C15H28N2O3/c1-10-7-12(8-11(2)20-10)16-14(19)17-13-5-4-6-15(13,3)9-18/h10-13,18H,4-9H2,1-3H3,(H2,16,17,19). The number of aliphatic hydroxyl groups excluding tert-OH is 1. The number of hydrogen-bond donors (Lipinski definition) is 3. The largest absolute Gasteiger partial charge is 0.396 e. The first kappa shape index (κ1) is 15.6. The van der Waals surface area contributed by atoms with Crippen LogP contribution in [0.25, 0.3) is 0 Å². The lowest BCUT2D eigenvalue weighted by Crippen LogP contribution is -2.52. The summed E-state index contributed by atoms with van der Waals surface area (Å²) in [4.78, 5) is 12.1. The highest BCUT2D eigenvalue weighted by Gasteiger charge is 2.39.